The Morgan fingerprint density at radius 1 is 1.24 bits per heavy atom. The molecule has 21 heavy (non-hydrogen) atoms. The van der Waals surface area contributed by atoms with Crippen LogP contribution >= 0.6 is 0 Å². The zero-order valence-electron chi connectivity index (χ0n) is 14.3. The van der Waals surface area contributed by atoms with Gasteiger partial charge in [-0.1, -0.05) is 27.7 Å². The molecular weight excluding hydrogens is 264 g/mol. The Hall–Kier alpha value is -1.42. The second kappa shape index (κ2) is 11.3. The summed E-state index contributed by atoms with van der Waals surface area (Å²) in [7, 11) is 3.72. The molecule has 0 aliphatic carbocycles. The van der Waals surface area contributed by atoms with Gasteiger partial charge >= 0.3 is 0 Å². The quantitative estimate of drug-likeness (QED) is 0.718. The molecule has 1 heterocycles. The van der Waals surface area contributed by atoms with E-state index in [0.717, 1.165) is 11.8 Å². The highest BCUT2D eigenvalue weighted by molar-refractivity contribution is 5.72. The van der Waals surface area contributed by atoms with Gasteiger partial charge in [-0.05, 0) is 50.5 Å². The van der Waals surface area contributed by atoms with Crippen LogP contribution in [0.15, 0.2) is 12.1 Å². The molecule has 0 radical (unpaired) electrons. The van der Waals surface area contributed by atoms with Gasteiger partial charge in [-0.3, -0.25) is 4.79 Å². The van der Waals surface area contributed by atoms with Crippen molar-refractivity contribution in [3.63, 3.8) is 0 Å². The van der Waals surface area contributed by atoms with E-state index in [1.807, 2.05) is 6.07 Å². The van der Waals surface area contributed by atoms with Crippen molar-refractivity contribution in [1.29, 1.82) is 0 Å². The minimum absolute atomic E-state index is 0.371. The van der Waals surface area contributed by atoms with E-state index in [4.69, 9.17) is 4.74 Å². The number of carbonyl (C=O) groups is 1. The van der Waals surface area contributed by atoms with Crippen LogP contribution < -0.4 is 4.74 Å². The largest absolute Gasteiger partial charge is 0.481 e. The molecule has 0 aliphatic rings. The summed E-state index contributed by atoms with van der Waals surface area (Å²) in [4.78, 5) is 16.9. The summed E-state index contributed by atoms with van der Waals surface area (Å²) in [6.07, 6.45) is 3.28. The topological polar surface area (TPSA) is 42.4 Å². The molecule has 4 nitrogen and oxygen atoms in total. The van der Waals surface area contributed by atoms with Gasteiger partial charge in [0.05, 0.1) is 7.11 Å². The molecule has 0 unspecified atom stereocenters. The molecule has 0 N–H and O–H groups in total. The van der Waals surface area contributed by atoms with E-state index < -0.39 is 0 Å². The second-order valence-electron chi connectivity index (χ2n) is 5.44. The average molecular weight is 294 g/mol. The number of ether oxygens (including phenoxy) is 1. The Kier molecular flexibility index (Phi) is 10.5. The molecule has 1 rings (SSSR count). The van der Waals surface area contributed by atoms with Gasteiger partial charge in [0.1, 0.15) is 5.69 Å². The predicted octanol–water partition coefficient (Wildman–Crippen LogP) is 3.76. The van der Waals surface area contributed by atoms with Crippen molar-refractivity contribution in [3.05, 3.63) is 23.4 Å². The first-order chi connectivity index (χ1) is 9.98. The van der Waals surface area contributed by atoms with Gasteiger partial charge in [0.2, 0.25) is 5.88 Å². The first kappa shape index (κ1) is 19.6. The fourth-order valence-electron chi connectivity index (χ4n) is 1.92. The van der Waals surface area contributed by atoms with E-state index in [9.17, 15) is 4.79 Å². The number of aldehydes is 1. The minimum Gasteiger partial charge on any atom is -0.481 e. The number of pyridine rings is 1. The van der Waals surface area contributed by atoms with Crippen LogP contribution in [0, 0.1) is 0 Å². The summed E-state index contributed by atoms with van der Waals surface area (Å²) in [5, 5.41) is 0. The van der Waals surface area contributed by atoms with Gasteiger partial charge in [0, 0.05) is 6.07 Å². The fourth-order valence-corrected chi connectivity index (χ4v) is 1.92. The molecule has 0 atom stereocenters. The van der Waals surface area contributed by atoms with E-state index in [0.29, 0.717) is 17.5 Å². The fraction of sp³-hybridized carbons (Fsp3) is 0.647. The Bertz CT molecular complexity index is 400. The summed E-state index contributed by atoms with van der Waals surface area (Å²) < 4.78 is 4.98. The molecule has 120 valence electrons. The van der Waals surface area contributed by atoms with E-state index in [1.165, 1.54) is 25.9 Å². The average Bonchev–Trinajstić information content (AvgIpc) is 2.47. The lowest BCUT2D eigenvalue weighted by Gasteiger charge is -2.12. The van der Waals surface area contributed by atoms with Crippen LogP contribution in [0.3, 0.4) is 0 Å². The minimum atomic E-state index is 0.371. The highest BCUT2D eigenvalue weighted by Gasteiger charge is 2.05. The standard InChI is InChI=1S/C10H13NO2.C7H17N/c1-7(2)8-4-9(6-12)11-10(5-8)13-3;1-4-6-8(3)7-5-2/h4-7H,1-3H3;4-7H2,1-3H3. The third-order valence-corrected chi connectivity index (χ3v) is 3.05. The molecule has 0 amide bonds. The Labute approximate surface area is 129 Å². The lowest BCUT2D eigenvalue weighted by atomic mass is 10.0. The number of nitrogens with zero attached hydrogens (tertiary/aromatic N) is 2. The van der Waals surface area contributed by atoms with Crippen molar-refractivity contribution in [1.82, 2.24) is 9.88 Å². The van der Waals surface area contributed by atoms with Crippen molar-refractivity contribution < 1.29 is 9.53 Å². The number of rotatable bonds is 7. The van der Waals surface area contributed by atoms with Crippen molar-refractivity contribution >= 4 is 6.29 Å². The first-order valence-electron chi connectivity index (χ1n) is 7.68. The molecule has 0 aliphatic heterocycles. The normalized spacial score (nSPS) is 10.3. The maximum atomic E-state index is 10.5. The van der Waals surface area contributed by atoms with Gasteiger partial charge in [-0.2, -0.15) is 0 Å². The zero-order chi connectivity index (χ0) is 16.3. The van der Waals surface area contributed by atoms with Crippen molar-refractivity contribution in [2.45, 2.75) is 46.5 Å². The maximum absolute atomic E-state index is 10.5. The molecule has 4 heteroatoms. The van der Waals surface area contributed by atoms with Crippen molar-refractivity contribution in [2.24, 2.45) is 0 Å². The number of carbonyl (C=O) groups excluding carboxylic acids is 1. The third kappa shape index (κ3) is 8.45. The Morgan fingerprint density at radius 2 is 1.81 bits per heavy atom. The SMILES string of the molecule is CCCN(C)CCC.COc1cc(C(C)C)cc(C=O)n1. The van der Waals surface area contributed by atoms with Crippen molar-refractivity contribution in [2.75, 3.05) is 27.2 Å². The summed E-state index contributed by atoms with van der Waals surface area (Å²) >= 11 is 0. The summed E-state index contributed by atoms with van der Waals surface area (Å²) in [6, 6.07) is 3.62. The molecule has 1 aromatic rings. The molecule has 0 saturated carbocycles. The zero-order valence-corrected chi connectivity index (χ0v) is 14.3. The van der Waals surface area contributed by atoms with Gasteiger partial charge in [0.15, 0.2) is 6.29 Å². The lowest BCUT2D eigenvalue weighted by molar-refractivity contribution is 0.111. The molecule has 0 bridgehead atoms. The number of aromatic nitrogens is 1. The van der Waals surface area contributed by atoms with Gasteiger partial charge < -0.3 is 9.64 Å². The Morgan fingerprint density at radius 3 is 2.19 bits per heavy atom. The maximum Gasteiger partial charge on any atom is 0.213 e. The van der Waals surface area contributed by atoms with Gasteiger partial charge in [-0.15, -0.1) is 0 Å². The molecule has 0 saturated heterocycles. The molecule has 0 aromatic carbocycles. The predicted molar refractivity (Wildman–Crippen MR) is 88.3 cm³/mol. The van der Waals surface area contributed by atoms with Crippen LogP contribution in [0.4, 0.5) is 0 Å². The second-order valence-corrected chi connectivity index (χ2v) is 5.44. The number of hydrogen-bond donors (Lipinski definition) is 0. The third-order valence-electron chi connectivity index (χ3n) is 3.05. The van der Waals surface area contributed by atoms with Crippen LogP contribution in [-0.2, 0) is 0 Å². The highest BCUT2D eigenvalue weighted by atomic mass is 16.5. The van der Waals surface area contributed by atoms with E-state index in [-0.39, 0.29) is 0 Å². The Balaban J connectivity index is 0.000000433. The van der Waals surface area contributed by atoms with Crippen LogP contribution in [0.1, 0.15) is 62.5 Å². The summed E-state index contributed by atoms with van der Waals surface area (Å²) in [5.74, 6) is 0.865. The summed E-state index contributed by atoms with van der Waals surface area (Å²) in [5.41, 5.74) is 1.48. The molecule has 0 spiro atoms. The number of methoxy groups -OCH3 is 1. The van der Waals surface area contributed by atoms with Crippen LogP contribution in [0.2, 0.25) is 0 Å². The smallest absolute Gasteiger partial charge is 0.213 e. The molecular formula is C17H30N2O2. The van der Waals surface area contributed by atoms with Crippen LogP contribution in [-0.4, -0.2) is 43.4 Å². The van der Waals surface area contributed by atoms with Crippen LogP contribution in [0.5, 0.6) is 5.88 Å². The first-order valence-corrected chi connectivity index (χ1v) is 7.68. The monoisotopic (exact) mass is 294 g/mol. The van der Waals surface area contributed by atoms with E-state index in [1.54, 1.807) is 13.2 Å². The molecule has 0 fully saturated rings. The highest BCUT2D eigenvalue weighted by Crippen LogP contribution is 2.19. The van der Waals surface area contributed by atoms with Crippen molar-refractivity contribution in [3.8, 4) is 5.88 Å². The van der Waals surface area contributed by atoms with Crippen LogP contribution in [0.25, 0.3) is 0 Å². The summed E-state index contributed by atoms with van der Waals surface area (Å²) in [6.45, 7) is 11.0. The lowest BCUT2D eigenvalue weighted by Crippen LogP contribution is -2.19. The van der Waals surface area contributed by atoms with Gasteiger partial charge in [-0.25, -0.2) is 4.98 Å². The van der Waals surface area contributed by atoms with Gasteiger partial charge in [0.25, 0.3) is 0 Å². The van der Waals surface area contributed by atoms with E-state index in [2.05, 4.69) is 44.6 Å². The van der Waals surface area contributed by atoms with E-state index >= 15 is 0 Å². The molecule has 1 aromatic heterocycles. The number of hydrogen-bond acceptors (Lipinski definition) is 4.